The van der Waals surface area contributed by atoms with Gasteiger partial charge in [0, 0.05) is 13.0 Å². The van der Waals surface area contributed by atoms with Crippen molar-refractivity contribution in [3.8, 4) is 0 Å². The Morgan fingerprint density at radius 1 is 1.32 bits per heavy atom. The number of nitrogens with zero attached hydrogens (tertiary/aromatic N) is 1. The number of thiocarbonyl (C=S) groups is 1. The third-order valence-corrected chi connectivity index (χ3v) is 5.91. The first-order chi connectivity index (χ1) is 11.9. The van der Waals surface area contributed by atoms with Crippen molar-refractivity contribution in [2.45, 2.75) is 57.5 Å². The van der Waals surface area contributed by atoms with E-state index in [0.29, 0.717) is 6.42 Å². The Morgan fingerprint density at radius 3 is 2.68 bits per heavy atom. The Balaban J connectivity index is 1.83. The number of hydrogen-bond acceptors (Lipinski definition) is 5. The van der Waals surface area contributed by atoms with E-state index in [0.717, 1.165) is 38.5 Å². The number of hydrogen-bond donors (Lipinski definition) is 1. The predicted octanol–water partition coefficient (Wildman–Crippen LogP) is 2.08. The highest BCUT2D eigenvalue weighted by atomic mass is 32.1. The van der Waals surface area contributed by atoms with Gasteiger partial charge in [-0.05, 0) is 50.7 Å². The minimum absolute atomic E-state index is 0.0771. The maximum absolute atomic E-state index is 13.0. The summed E-state index contributed by atoms with van der Waals surface area (Å²) in [6, 6.07) is 0. The van der Waals surface area contributed by atoms with Gasteiger partial charge in [0.2, 0.25) is 11.8 Å². The molecule has 2 unspecified atom stereocenters. The van der Waals surface area contributed by atoms with Crippen molar-refractivity contribution in [1.29, 1.82) is 0 Å². The van der Waals surface area contributed by atoms with Crippen LogP contribution in [0.2, 0.25) is 0 Å². The molecule has 7 heteroatoms. The molecule has 3 aliphatic rings. The average Bonchev–Trinajstić information content (AvgIpc) is 3.12. The van der Waals surface area contributed by atoms with E-state index in [2.05, 4.69) is 5.32 Å². The van der Waals surface area contributed by atoms with E-state index in [9.17, 15) is 14.4 Å². The zero-order valence-corrected chi connectivity index (χ0v) is 15.3. The molecular formula is C18H24N2O4S. The van der Waals surface area contributed by atoms with Gasteiger partial charge in [0.1, 0.15) is 11.5 Å². The second-order valence-electron chi connectivity index (χ2n) is 7.13. The van der Waals surface area contributed by atoms with Crippen molar-refractivity contribution >= 4 is 35.1 Å². The van der Waals surface area contributed by atoms with Crippen LogP contribution < -0.4 is 5.32 Å². The molecule has 136 valence electrons. The van der Waals surface area contributed by atoms with Crippen molar-refractivity contribution < 1.29 is 19.1 Å². The zero-order valence-electron chi connectivity index (χ0n) is 14.5. The number of allylic oxidation sites excluding steroid dienone is 2. The van der Waals surface area contributed by atoms with Gasteiger partial charge in [-0.25, -0.2) is 0 Å². The third-order valence-electron chi connectivity index (χ3n) is 5.54. The first-order valence-corrected chi connectivity index (χ1v) is 9.35. The molecule has 1 saturated heterocycles. The largest absolute Gasteiger partial charge is 0.462 e. The molecule has 0 aromatic heterocycles. The normalized spacial score (nSPS) is 30.5. The van der Waals surface area contributed by atoms with Crippen LogP contribution in [0.1, 0.15) is 51.4 Å². The maximum atomic E-state index is 13.0. The van der Waals surface area contributed by atoms with Gasteiger partial charge in [-0.2, -0.15) is 0 Å². The van der Waals surface area contributed by atoms with E-state index in [1.54, 1.807) is 0 Å². The Hall–Kier alpha value is -1.76. The number of rotatable bonds is 4. The van der Waals surface area contributed by atoms with E-state index in [-0.39, 0.29) is 23.6 Å². The first kappa shape index (κ1) is 18.0. The fourth-order valence-electron chi connectivity index (χ4n) is 4.08. The Morgan fingerprint density at radius 2 is 2.04 bits per heavy atom. The summed E-state index contributed by atoms with van der Waals surface area (Å²) in [7, 11) is 1.53. The highest BCUT2D eigenvalue weighted by molar-refractivity contribution is 7.80. The summed E-state index contributed by atoms with van der Waals surface area (Å²) in [5, 5.41) is 2.67. The summed E-state index contributed by atoms with van der Waals surface area (Å²) in [6.45, 7) is 0. The second-order valence-corrected chi connectivity index (χ2v) is 7.52. The fraction of sp³-hybridized carbons (Fsp3) is 0.667. The lowest BCUT2D eigenvalue weighted by atomic mass is 9.69. The molecule has 1 aliphatic heterocycles. The molecule has 6 nitrogen and oxygen atoms in total. The van der Waals surface area contributed by atoms with Crippen molar-refractivity contribution in [3.63, 3.8) is 0 Å². The van der Waals surface area contributed by atoms with Crippen molar-refractivity contribution in [2.75, 3.05) is 7.05 Å². The van der Waals surface area contributed by atoms with E-state index in [1.165, 1.54) is 11.9 Å². The van der Waals surface area contributed by atoms with Gasteiger partial charge in [0.25, 0.3) is 0 Å². The summed E-state index contributed by atoms with van der Waals surface area (Å²) in [6.07, 6.45) is 9.89. The van der Waals surface area contributed by atoms with Gasteiger partial charge >= 0.3 is 5.97 Å². The van der Waals surface area contributed by atoms with Crippen molar-refractivity contribution in [3.05, 3.63) is 12.2 Å². The van der Waals surface area contributed by atoms with Gasteiger partial charge in [0.15, 0.2) is 5.11 Å². The molecule has 0 aromatic rings. The SMILES string of the molecule is CN1C(=O)C(CC(=O)OC2CCCCC2)(C2C=CCC2)C(=O)NC1=S. The molecule has 0 spiro atoms. The topological polar surface area (TPSA) is 75.7 Å². The smallest absolute Gasteiger partial charge is 0.307 e. The van der Waals surface area contributed by atoms with Gasteiger partial charge in [-0.3, -0.25) is 19.3 Å². The average molecular weight is 364 g/mol. The lowest BCUT2D eigenvalue weighted by molar-refractivity contribution is -0.165. The van der Waals surface area contributed by atoms with Crippen LogP contribution in [0.4, 0.5) is 0 Å². The van der Waals surface area contributed by atoms with Crippen LogP contribution in [-0.2, 0) is 19.1 Å². The maximum Gasteiger partial charge on any atom is 0.307 e. The zero-order chi connectivity index (χ0) is 18.0. The number of ether oxygens (including phenoxy) is 1. The quantitative estimate of drug-likeness (QED) is 0.358. The highest BCUT2D eigenvalue weighted by Gasteiger charge is 2.57. The molecule has 2 atom stereocenters. The van der Waals surface area contributed by atoms with Crippen LogP contribution in [0.15, 0.2) is 12.2 Å². The molecule has 0 aromatic carbocycles. The molecule has 3 rings (SSSR count). The van der Waals surface area contributed by atoms with E-state index < -0.39 is 23.2 Å². The lowest BCUT2D eigenvalue weighted by Crippen LogP contribution is -2.65. The van der Waals surface area contributed by atoms with Crippen molar-refractivity contribution in [2.24, 2.45) is 11.3 Å². The summed E-state index contributed by atoms with van der Waals surface area (Å²) in [5.41, 5.74) is -1.46. The molecule has 1 heterocycles. The van der Waals surface area contributed by atoms with Crippen molar-refractivity contribution in [1.82, 2.24) is 10.2 Å². The van der Waals surface area contributed by atoms with Gasteiger partial charge in [0.05, 0.1) is 6.42 Å². The number of carbonyl (C=O) groups excluding carboxylic acids is 3. The molecular weight excluding hydrogens is 340 g/mol. The van der Waals surface area contributed by atoms with E-state index in [1.807, 2.05) is 12.2 Å². The third kappa shape index (κ3) is 3.34. The van der Waals surface area contributed by atoms with E-state index >= 15 is 0 Å². The minimum atomic E-state index is -1.46. The molecule has 2 aliphatic carbocycles. The predicted molar refractivity (Wildman–Crippen MR) is 95.4 cm³/mol. The summed E-state index contributed by atoms with van der Waals surface area (Å²) in [4.78, 5) is 39.7. The van der Waals surface area contributed by atoms with Crippen LogP contribution in [0.5, 0.6) is 0 Å². The number of nitrogens with one attached hydrogen (secondary N) is 1. The van der Waals surface area contributed by atoms with Crippen LogP contribution in [-0.4, -0.2) is 40.9 Å². The van der Waals surface area contributed by atoms with Gasteiger partial charge < -0.3 is 10.1 Å². The van der Waals surface area contributed by atoms with E-state index in [4.69, 9.17) is 17.0 Å². The fourth-order valence-corrected chi connectivity index (χ4v) is 4.25. The second kappa shape index (κ2) is 7.23. The first-order valence-electron chi connectivity index (χ1n) is 8.95. The molecule has 25 heavy (non-hydrogen) atoms. The van der Waals surface area contributed by atoms with Gasteiger partial charge in [-0.15, -0.1) is 0 Å². The lowest BCUT2D eigenvalue weighted by Gasteiger charge is -2.42. The van der Waals surface area contributed by atoms with Crippen LogP contribution in [0.25, 0.3) is 0 Å². The summed E-state index contributed by atoms with van der Waals surface area (Å²) in [5.74, 6) is -1.70. The van der Waals surface area contributed by atoms with Crippen LogP contribution >= 0.6 is 12.2 Å². The monoisotopic (exact) mass is 364 g/mol. The molecule has 1 N–H and O–H groups in total. The minimum Gasteiger partial charge on any atom is -0.462 e. The molecule has 1 saturated carbocycles. The standard InChI is InChI=1S/C18H24N2O4S/c1-20-16(23)18(12-7-5-6-8-12,15(22)19-17(20)25)11-14(21)24-13-9-3-2-4-10-13/h5,7,12-13H,2-4,6,8-11H2,1H3,(H,19,22,25). The van der Waals surface area contributed by atoms with Gasteiger partial charge in [-0.1, -0.05) is 18.6 Å². The Kier molecular flexibility index (Phi) is 5.22. The molecule has 2 fully saturated rings. The summed E-state index contributed by atoms with van der Waals surface area (Å²) < 4.78 is 5.59. The molecule has 2 amide bonds. The molecule has 0 radical (unpaired) electrons. The Bertz CT molecular complexity index is 627. The Labute approximate surface area is 153 Å². The molecule has 0 bridgehead atoms. The number of carbonyl (C=O) groups is 3. The number of amides is 2. The van der Waals surface area contributed by atoms with Crippen LogP contribution in [0.3, 0.4) is 0 Å². The highest BCUT2D eigenvalue weighted by Crippen LogP contribution is 2.43. The summed E-state index contributed by atoms with van der Waals surface area (Å²) >= 11 is 5.04. The van der Waals surface area contributed by atoms with Crippen LogP contribution in [0, 0.1) is 11.3 Å². The number of esters is 1.